The molecule has 0 aliphatic carbocycles. The van der Waals surface area contributed by atoms with Crippen molar-refractivity contribution < 1.29 is 9.59 Å². The summed E-state index contributed by atoms with van der Waals surface area (Å²) in [5, 5.41) is 5.68. The van der Waals surface area contributed by atoms with Gasteiger partial charge in [0.15, 0.2) is 0 Å². The van der Waals surface area contributed by atoms with Gasteiger partial charge in [-0.1, -0.05) is 0 Å². The SMILES string of the molecule is Cc1nc(CN2CCC(=O)NC(C)(C)C2=O)cs1. The van der Waals surface area contributed by atoms with Gasteiger partial charge in [-0.05, 0) is 20.8 Å². The summed E-state index contributed by atoms with van der Waals surface area (Å²) < 4.78 is 0. The smallest absolute Gasteiger partial charge is 0.248 e. The van der Waals surface area contributed by atoms with E-state index in [1.165, 1.54) is 0 Å². The second-order valence-corrected chi connectivity index (χ2v) is 6.07. The Hall–Kier alpha value is -1.43. The van der Waals surface area contributed by atoms with Gasteiger partial charge in [0.05, 0.1) is 17.2 Å². The number of carbonyl (C=O) groups excluding carboxylic acids is 2. The maximum absolute atomic E-state index is 12.3. The van der Waals surface area contributed by atoms with Crippen molar-refractivity contribution in [1.82, 2.24) is 15.2 Å². The highest BCUT2D eigenvalue weighted by atomic mass is 32.1. The van der Waals surface area contributed by atoms with Crippen molar-refractivity contribution in [2.75, 3.05) is 6.54 Å². The largest absolute Gasteiger partial charge is 0.342 e. The average molecular weight is 267 g/mol. The molecular weight excluding hydrogens is 250 g/mol. The molecule has 0 aromatic carbocycles. The van der Waals surface area contributed by atoms with Gasteiger partial charge in [-0.3, -0.25) is 9.59 Å². The molecule has 0 bridgehead atoms. The van der Waals surface area contributed by atoms with Crippen LogP contribution < -0.4 is 5.32 Å². The van der Waals surface area contributed by atoms with Gasteiger partial charge in [-0.15, -0.1) is 11.3 Å². The third-order valence-electron chi connectivity index (χ3n) is 2.90. The molecule has 1 saturated heterocycles. The van der Waals surface area contributed by atoms with Crippen LogP contribution >= 0.6 is 11.3 Å². The van der Waals surface area contributed by atoms with Crippen molar-refractivity contribution in [3.05, 3.63) is 16.1 Å². The summed E-state index contributed by atoms with van der Waals surface area (Å²) in [7, 11) is 0. The number of hydrogen-bond donors (Lipinski definition) is 1. The molecule has 1 aromatic rings. The van der Waals surface area contributed by atoms with Crippen molar-refractivity contribution >= 4 is 23.2 Å². The molecule has 6 heteroatoms. The van der Waals surface area contributed by atoms with E-state index in [-0.39, 0.29) is 11.8 Å². The molecule has 0 unspecified atom stereocenters. The number of hydrogen-bond acceptors (Lipinski definition) is 4. The van der Waals surface area contributed by atoms with E-state index in [2.05, 4.69) is 10.3 Å². The molecule has 0 radical (unpaired) electrons. The van der Waals surface area contributed by atoms with Gasteiger partial charge < -0.3 is 10.2 Å². The van der Waals surface area contributed by atoms with Crippen LogP contribution in [0.25, 0.3) is 0 Å². The van der Waals surface area contributed by atoms with Crippen molar-refractivity contribution in [3.63, 3.8) is 0 Å². The molecule has 2 rings (SSSR count). The van der Waals surface area contributed by atoms with Crippen LogP contribution in [-0.4, -0.2) is 33.8 Å². The predicted octanol–water partition coefficient (Wildman–Crippen LogP) is 1.08. The molecule has 0 spiro atoms. The summed E-state index contributed by atoms with van der Waals surface area (Å²) in [6.45, 7) is 6.33. The van der Waals surface area contributed by atoms with Gasteiger partial charge in [0.25, 0.3) is 0 Å². The van der Waals surface area contributed by atoms with Crippen LogP contribution in [0.15, 0.2) is 5.38 Å². The third-order valence-corrected chi connectivity index (χ3v) is 3.72. The quantitative estimate of drug-likeness (QED) is 0.872. The lowest BCUT2D eigenvalue weighted by Gasteiger charge is -2.28. The number of aryl methyl sites for hydroxylation is 1. The summed E-state index contributed by atoms with van der Waals surface area (Å²) >= 11 is 1.57. The standard InChI is InChI=1S/C12H17N3O2S/c1-8-13-9(7-18-8)6-15-5-4-10(16)14-12(2,3)11(15)17/h7H,4-6H2,1-3H3,(H,14,16). The van der Waals surface area contributed by atoms with Crippen molar-refractivity contribution in [1.29, 1.82) is 0 Å². The average Bonchev–Trinajstić information content (AvgIpc) is 2.64. The predicted molar refractivity (Wildman–Crippen MR) is 69.1 cm³/mol. The summed E-state index contributed by atoms with van der Waals surface area (Å²) in [6, 6.07) is 0. The molecule has 2 heterocycles. The van der Waals surface area contributed by atoms with Crippen LogP contribution in [0.5, 0.6) is 0 Å². The summed E-state index contributed by atoms with van der Waals surface area (Å²) in [6.07, 6.45) is 0.346. The fraction of sp³-hybridized carbons (Fsp3) is 0.583. The zero-order valence-electron chi connectivity index (χ0n) is 10.8. The zero-order valence-corrected chi connectivity index (χ0v) is 11.6. The van der Waals surface area contributed by atoms with Gasteiger partial charge in [0.2, 0.25) is 11.8 Å². The molecule has 1 N–H and O–H groups in total. The molecular formula is C12H17N3O2S. The molecule has 1 aromatic heterocycles. The van der Waals surface area contributed by atoms with Crippen LogP contribution in [0.2, 0.25) is 0 Å². The number of thiazole rings is 1. The molecule has 98 valence electrons. The summed E-state index contributed by atoms with van der Waals surface area (Å²) in [4.78, 5) is 29.9. The minimum absolute atomic E-state index is 0.0565. The first kappa shape index (κ1) is 13.0. The number of nitrogens with one attached hydrogen (secondary N) is 1. The lowest BCUT2D eigenvalue weighted by atomic mass is 10.0. The molecule has 1 fully saturated rings. The zero-order chi connectivity index (χ0) is 13.3. The van der Waals surface area contributed by atoms with Crippen LogP contribution in [0.3, 0.4) is 0 Å². The van der Waals surface area contributed by atoms with E-state index < -0.39 is 5.54 Å². The molecule has 0 atom stereocenters. The van der Waals surface area contributed by atoms with Crippen molar-refractivity contribution in [3.8, 4) is 0 Å². The van der Waals surface area contributed by atoms with Gasteiger partial charge >= 0.3 is 0 Å². The van der Waals surface area contributed by atoms with Crippen LogP contribution in [0.1, 0.15) is 31.0 Å². The van der Waals surface area contributed by atoms with E-state index in [1.54, 1.807) is 30.1 Å². The highest BCUT2D eigenvalue weighted by molar-refractivity contribution is 7.09. The lowest BCUT2D eigenvalue weighted by Crippen LogP contribution is -2.52. The third kappa shape index (κ3) is 2.69. The second kappa shape index (κ2) is 4.68. The summed E-state index contributed by atoms with van der Waals surface area (Å²) in [5.74, 6) is -0.135. The van der Waals surface area contributed by atoms with E-state index in [0.717, 1.165) is 10.7 Å². The van der Waals surface area contributed by atoms with Crippen LogP contribution in [0.4, 0.5) is 0 Å². The van der Waals surface area contributed by atoms with E-state index in [9.17, 15) is 9.59 Å². The molecule has 2 amide bonds. The fourth-order valence-electron chi connectivity index (χ4n) is 2.03. The maximum Gasteiger partial charge on any atom is 0.248 e. The van der Waals surface area contributed by atoms with Crippen LogP contribution in [0, 0.1) is 6.92 Å². The van der Waals surface area contributed by atoms with Gasteiger partial charge in [0, 0.05) is 18.3 Å². The number of rotatable bonds is 2. The molecule has 1 aliphatic rings. The molecule has 0 saturated carbocycles. The van der Waals surface area contributed by atoms with Gasteiger partial charge in [-0.2, -0.15) is 0 Å². The van der Waals surface area contributed by atoms with Gasteiger partial charge in [-0.25, -0.2) is 4.98 Å². The first-order valence-corrected chi connectivity index (χ1v) is 6.78. The first-order valence-electron chi connectivity index (χ1n) is 5.90. The van der Waals surface area contributed by atoms with E-state index in [0.29, 0.717) is 19.5 Å². The Morgan fingerprint density at radius 3 is 2.83 bits per heavy atom. The van der Waals surface area contributed by atoms with Crippen molar-refractivity contribution in [2.45, 2.75) is 39.3 Å². The molecule has 5 nitrogen and oxygen atoms in total. The second-order valence-electron chi connectivity index (χ2n) is 5.01. The van der Waals surface area contributed by atoms with Crippen molar-refractivity contribution in [2.24, 2.45) is 0 Å². The number of aromatic nitrogens is 1. The lowest BCUT2D eigenvalue weighted by molar-refractivity contribution is -0.137. The Kier molecular flexibility index (Phi) is 3.38. The molecule has 1 aliphatic heterocycles. The highest BCUT2D eigenvalue weighted by Crippen LogP contribution is 2.17. The highest BCUT2D eigenvalue weighted by Gasteiger charge is 2.36. The summed E-state index contributed by atoms with van der Waals surface area (Å²) in [5.41, 5.74) is 0.0505. The number of nitrogens with zero attached hydrogens (tertiary/aromatic N) is 2. The van der Waals surface area contributed by atoms with E-state index >= 15 is 0 Å². The van der Waals surface area contributed by atoms with Crippen LogP contribution in [-0.2, 0) is 16.1 Å². The minimum atomic E-state index is -0.835. The fourth-order valence-corrected chi connectivity index (χ4v) is 2.63. The topological polar surface area (TPSA) is 62.3 Å². The van der Waals surface area contributed by atoms with E-state index in [1.807, 2.05) is 12.3 Å². The monoisotopic (exact) mass is 267 g/mol. The Labute approximate surface area is 110 Å². The number of amides is 2. The van der Waals surface area contributed by atoms with Gasteiger partial charge in [0.1, 0.15) is 5.54 Å². The Balaban J connectivity index is 2.16. The van der Waals surface area contributed by atoms with E-state index in [4.69, 9.17) is 0 Å². The Morgan fingerprint density at radius 1 is 1.50 bits per heavy atom. The number of carbonyl (C=O) groups is 2. The first-order chi connectivity index (χ1) is 8.38. The Bertz CT molecular complexity index is 481. The molecule has 18 heavy (non-hydrogen) atoms. The maximum atomic E-state index is 12.3. The minimum Gasteiger partial charge on any atom is -0.342 e. The normalized spacial score (nSPS) is 19.6. The Morgan fingerprint density at radius 2 is 2.22 bits per heavy atom.